The lowest BCUT2D eigenvalue weighted by molar-refractivity contribution is -0.277. The molecular formula is C30H39N2O3-. The number of carbonyl (C=O) groups excluding carboxylic acids is 1. The smallest absolute Gasteiger partial charge is 0.137 e. The molecule has 5 heteroatoms. The molecule has 1 aliphatic carbocycles. The highest BCUT2D eigenvalue weighted by atomic mass is 16.5. The highest BCUT2D eigenvalue weighted by Gasteiger charge is 2.46. The molecule has 35 heavy (non-hydrogen) atoms. The Morgan fingerprint density at radius 3 is 2.60 bits per heavy atom. The molecular weight excluding hydrogens is 436 g/mol. The number of piperidine rings is 3. The van der Waals surface area contributed by atoms with Crippen molar-refractivity contribution in [3.05, 3.63) is 53.6 Å². The fraction of sp³-hybridized carbons (Fsp3) is 0.567. The maximum atomic E-state index is 12.7. The summed E-state index contributed by atoms with van der Waals surface area (Å²) in [4.78, 5) is 16.9. The van der Waals surface area contributed by atoms with Crippen molar-refractivity contribution in [3.63, 3.8) is 0 Å². The minimum Gasteiger partial charge on any atom is -0.530 e. The number of aryl methyl sites for hydroxylation is 1. The average molecular weight is 476 g/mol. The third-order valence-corrected chi connectivity index (χ3v) is 8.62. The molecule has 4 aliphatic rings. The van der Waals surface area contributed by atoms with Gasteiger partial charge in [0.25, 0.3) is 0 Å². The third kappa shape index (κ3) is 4.80. The van der Waals surface area contributed by atoms with Crippen LogP contribution in [0.2, 0.25) is 0 Å². The van der Waals surface area contributed by atoms with Crippen LogP contribution >= 0.6 is 0 Å². The lowest BCUT2D eigenvalue weighted by Crippen LogP contribution is -2.63. The van der Waals surface area contributed by atoms with Crippen molar-refractivity contribution in [2.45, 2.75) is 71.4 Å². The van der Waals surface area contributed by atoms with Crippen molar-refractivity contribution < 1.29 is 14.6 Å². The molecule has 5 nitrogen and oxygen atoms in total. The Bertz CT molecular complexity index is 1060. The van der Waals surface area contributed by atoms with Crippen LogP contribution in [-0.2, 0) is 6.42 Å². The Balaban J connectivity index is 1.47. The van der Waals surface area contributed by atoms with Gasteiger partial charge in [0.2, 0.25) is 0 Å². The normalized spacial score (nSPS) is 26.7. The first-order chi connectivity index (χ1) is 16.9. The summed E-state index contributed by atoms with van der Waals surface area (Å²) in [5.74, 6) is 1.34. The molecule has 0 saturated carbocycles. The highest BCUT2D eigenvalue weighted by Crippen LogP contribution is 2.50. The number of rotatable bonds is 7. The molecule has 2 bridgehead atoms. The van der Waals surface area contributed by atoms with E-state index < -0.39 is 6.09 Å². The van der Waals surface area contributed by atoms with Gasteiger partial charge in [-0.25, -0.2) is 0 Å². The molecule has 2 atom stereocenters. The van der Waals surface area contributed by atoms with E-state index in [0.29, 0.717) is 5.92 Å². The van der Waals surface area contributed by atoms with E-state index in [9.17, 15) is 9.90 Å². The van der Waals surface area contributed by atoms with Gasteiger partial charge in [-0.05, 0) is 90.9 Å². The minimum absolute atomic E-state index is 0.0225. The monoisotopic (exact) mass is 475 g/mol. The Labute approximate surface area is 210 Å². The van der Waals surface area contributed by atoms with E-state index in [4.69, 9.17) is 4.74 Å². The van der Waals surface area contributed by atoms with Gasteiger partial charge in [0.15, 0.2) is 0 Å². The maximum absolute atomic E-state index is 12.7. The first-order valence-electron chi connectivity index (χ1n) is 13.4. The number of ether oxygens (including phenoxy) is 1. The van der Waals surface area contributed by atoms with Crippen LogP contribution in [0.5, 0.6) is 5.75 Å². The van der Waals surface area contributed by atoms with Crippen LogP contribution < -0.4 is 9.84 Å². The van der Waals surface area contributed by atoms with Crippen molar-refractivity contribution in [1.82, 2.24) is 9.80 Å². The van der Waals surface area contributed by atoms with Crippen LogP contribution in [-0.4, -0.2) is 48.2 Å². The van der Waals surface area contributed by atoms with Gasteiger partial charge in [-0.15, -0.1) is 0 Å². The summed E-state index contributed by atoms with van der Waals surface area (Å²) < 4.78 is 5.93. The van der Waals surface area contributed by atoms with Gasteiger partial charge in [0.05, 0.1) is 12.6 Å². The number of hydrogen-bond acceptors (Lipinski definition) is 4. The molecule has 6 rings (SSSR count). The van der Waals surface area contributed by atoms with Crippen molar-refractivity contribution >= 4 is 6.09 Å². The molecule has 3 heterocycles. The molecule has 188 valence electrons. The predicted octanol–water partition coefficient (Wildman–Crippen LogP) is 5.29. The van der Waals surface area contributed by atoms with E-state index in [-0.39, 0.29) is 17.5 Å². The van der Waals surface area contributed by atoms with Crippen molar-refractivity contribution in [3.8, 4) is 16.9 Å². The quantitative estimate of drug-likeness (QED) is 0.511. The number of nitrogens with zero attached hydrogens (tertiary/aromatic N) is 2. The van der Waals surface area contributed by atoms with Gasteiger partial charge in [-0.3, -0.25) is 0 Å². The zero-order valence-electron chi connectivity index (χ0n) is 21.5. The lowest BCUT2D eigenvalue weighted by atomic mass is 9.68. The number of carboxylic acid groups (broad SMARTS) is 1. The Hall–Kier alpha value is -2.53. The number of hydrogen-bond donors (Lipinski definition) is 0. The second-order valence-electron chi connectivity index (χ2n) is 11.4. The molecule has 0 spiro atoms. The summed E-state index contributed by atoms with van der Waals surface area (Å²) in [5.41, 5.74) is 4.56. The third-order valence-electron chi connectivity index (χ3n) is 8.62. The first kappa shape index (κ1) is 24.2. The van der Waals surface area contributed by atoms with E-state index >= 15 is 0 Å². The summed E-state index contributed by atoms with van der Waals surface area (Å²) in [6, 6.07) is 14.7. The minimum atomic E-state index is -1.02. The lowest BCUT2D eigenvalue weighted by Gasteiger charge is -2.56. The zero-order valence-corrected chi connectivity index (χ0v) is 21.5. The molecule has 3 fully saturated rings. The van der Waals surface area contributed by atoms with E-state index in [1.165, 1.54) is 5.56 Å². The summed E-state index contributed by atoms with van der Waals surface area (Å²) in [5, 5.41) is 12.7. The van der Waals surface area contributed by atoms with E-state index in [1.54, 1.807) is 4.90 Å². The summed E-state index contributed by atoms with van der Waals surface area (Å²) >= 11 is 0. The topological polar surface area (TPSA) is 55.8 Å². The van der Waals surface area contributed by atoms with Crippen molar-refractivity contribution in [2.24, 2.45) is 11.3 Å². The fourth-order valence-electron chi connectivity index (χ4n) is 6.59. The largest absolute Gasteiger partial charge is 0.530 e. The molecule has 1 amide bonds. The van der Waals surface area contributed by atoms with Crippen LogP contribution in [0.25, 0.3) is 11.1 Å². The van der Waals surface area contributed by atoms with E-state index in [2.05, 4.69) is 56.0 Å². The van der Waals surface area contributed by atoms with Gasteiger partial charge in [0, 0.05) is 12.6 Å². The Morgan fingerprint density at radius 1 is 1.14 bits per heavy atom. The van der Waals surface area contributed by atoms with Crippen LogP contribution in [0.3, 0.4) is 0 Å². The second kappa shape index (κ2) is 9.85. The van der Waals surface area contributed by atoms with Crippen LogP contribution in [0.1, 0.15) is 70.0 Å². The maximum Gasteiger partial charge on any atom is 0.137 e. The molecule has 0 aromatic heterocycles. The number of carbonyl (C=O) groups is 1. The highest BCUT2D eigenvalue weighted by molar-refractivity contribution is 5.68. The Kier molecular flexibility index (Phi) is 6.80. The molecule has 0 radical (unpaired) electrons. The van der Waals surface area contributed by atoms with E-state index in [1.807, 2.05) is 12.1 Å². The van der Waals surface area contributed by atoms with Gasteiger partial charge < -0.3 is 24.4 Å². The fourth-order valence-corrected chi connectivity index (χ4v) is 6.59. The van der Waals surface area contributed by atoms with E-state index in [0.717, 1.165) is 87.2 Å². The summed E-state index contributed by atoms with van der Waals surface area (Å²) in [6.07, 6.45) is 5.24. The second-order valence-corrected chi connectivity index (χ2v) is 11.4. The molecule has 3 saturated heterocycles. The summed E-state index contributed by atoms with van der Waals surface area (Å²) in [6.45, 7) is 10.4. The SMILES string of the molecule is CCCCOc1cccc(-c2ccc3c(c2)CCC(C)(C)[C@H]3N(C(=O)[O-])[C@@H]2CN3CCC2CC3)c1. The standard InChI is InChI=1S/C30H40N2O3/c1-4-5-17-35-25-8-6-7-22(19-25)23-9-10-26-24(18-23)11-14-30(2,3)28(26)32(29(33)34)27-20-31-15-12-21(27)13-16-31/h6-10,18-19,21,27-28H,4-5,11-17,20H2,1-3H3,(H,33,34)/p-1/t27-,28+/m1/s1. The number of fused-ring (bicyclic) bond motifs is 4. The van der Waals surface area contributed by atoms with Crippen molar-refractivity contribution in [2.75, 3.05) is 26.2 Å². The molecule has 0 N–H and O–H groups in total. The predicted molar refractivity (Wildman–Crippen MR) is 137 cm³/mol. The van der Waals surface area contributed by atoms with Crippen LogP contribution in [0.15, 0.2) is 42.5 Å². The van der Waals surface area contributed by atoms with Gasteiger partial charge >= 0.3 is 0 Å². The number of benzene rings is 2. The molecule has 2 aromatic carbocycles. The van der Waals surface area contributed by atoms with Crippen LogP contribution in [0, 0.1) is 11.3 Å². The average Bonchev–Trinajstić information content (AvgIpc) is 2.86. The summed E-state index contributed by atoms with van der Waals surface area (Å²) in [7, 11) is 0. The molecule has 0 unspecified atom stereocenters. The van der Waals surface area contributed by atoms with Gasteiger partial charge in [-0.1, -0.05) is 57.5 Å². The zero-order chi connectivity index (χ0) is 24.6. The van der Waals surface area contributed by atoms with Crippen molar-refractivity contribution in [1.29, 1.82) is 0 Å². The first-order valence-corrected chi connectivity index (χ1v) is 13.4. The van der Waals surface area contributed by atoms with Crippen LogP contribution in [0.4, 0.5) is 4.79 Å². The Morgan fingerprint density at radius 2 is 1.91 bits per heavy atom. The molecule has 3 aliphatic heterocycles. The number of unbranched alkanes of at least 4 members (excludes halogenated alkanes) is 1. The van der Waals surface area contributed by atoms with Gasteiger partial charge in [0.1, 0.15) is 11.8 Å². The van der Waals surface area contributed by atoms with Gasteiger partial charge in [-0.2, -0.15) is 0 Å². The molecule has 2 aromatic rings. The number of amides is 1.